The molecule has 0 aliphatic rings. The fourth-order valence-electron chi connectivity index (χ4n) is 1.03. The van der Waals surface area contributed by atoms with Gasteiger partial charge in [-0.25, -0.2) is 4.79 Å². The molecule has 0 fully saturated rings. The van der Waals surface area contributed by atoms with Crippen LogP contribution in [0, 0.1) is 0 Å². The highest BCUT2D eigenvalue weighted by molar-refractivity contribution is 7.12. The highest BCUT2D eigenvalue weighted by Gasteiger charge is 2.08. The summed E-state index contributed by atoms with van der Waals surface area (Å²) in [7, 11) is 1.36. The highest BCUT2D eigenvalue weighted by Crippen LogP contribution is 2.16. The van der Waals surface area contributed by atoms with Crippen molar-refractivity contribution in [2.45, 2.75) is 19.8 Å². The van der Waals surface area contributed by atoms with Gasteiger partial charge in [0.25, 0.3) is 0 Å². The van der Waals surface area contributed by atoms with Crippen molar-refractivity contribution >= 4 is 23.1 Å². The number of hydrogen-bond acceptors (Lipinski definition) is 4. The molecule has 0 unspecified atom stereocenters. The molecular formula is C10H12O3S. The van der Waals surface area contributed by atoms with E-state index < -0.39 is 0 Å². The first-order valence-corrected chi connectivity index (χ1v) is 5.16. The van der Waals surface area contributed by atoms with Crippen LogP contribution >= 0.6 is 11.3 Å². The van der Waals surface area contributed by atoms with Crippen molar-refractivity contribution in [1.82, 2.24) is 0 Å². The summed E-state index contributed by atoms with van der Waals surface area (Å²) < 4.78 is 4.58. The molecule has 0 spiro atoms. The third-order valence-electron chi connectivity index (χ3n) is 1.81. The smallest absolute Gasteiger partial charge is 0.348 e. The Bertz CT molecular complexity index is 341. The Morgan fingerprint density at radius 3 is 2.79 bits per heavy atom. The first-order chi connectivity index (χ1) is 6.63. The molecule has 14 heavy (non-hydrogen) atoms. The SMILES string of the molecule is COC(=O)c1cc(CCC(C)=O)cs1. The molecule has 1 heterocycles. The highest BCUT2D eigenvalue weighted by atomic mass is 32.1. The topological polar surface area (TPSA) is 43.4 Å². The number of ketones is 1. The molecule has 0 saturated heterocycles. The molecule has 0 aliphatic heterocycles. The van der Waals surface area contributed by atoms with Crippen molar-refractivity contribution in [3.05, 3.63) is 21.9 Å². The van der Waals surface area contributed by atoms with E-state index >= 15 is 0 Å². The van der Waals surface area contributed by atoms with Crippen LogP contribution in [0.1, 0.15) is 28.6 Å². The molecule has 0 radical (unpaired) electrons. The second-order valence-corrected chi connectivity index (χ2v) is 3.92. The van der Waals surface area contributed by atoms with E-state index in [1.807, 2.05) is 5.38 Å². The van der Waals surface area contributed by atoms with Crippen molar-refractivity contribution in [3.63, 3.8) is 0 Å². The lowest BCUT2D eigenvalue weighted by Crippen LogP contribution is -1.97. The number of methoxy groups -OCH3 is 1. The van der Waals surface area contributed by atoms with Crippen LogP contribution in [-0.4, -0.2) is 18.9 Å². The molecule has 0 aliphatic carbocycles. The number of thiophene rings is 1. The monoisotopic (exact) mass is 212 g/mol. The molecule has 0 amide bonds. The molecule has 3 nitrogen and oxygen atoms in total. The molecule has 0 aromatic carbocycles. The minimum absolute atomic E-state index is 0.163. The van der Waals surface area contributed by atoms with Crippen molar-refractivity contribution in [2.75, 3.05) is 7.11 Å². The maximum Gasteiger partial charge on any atom is 0.348 e. The number of carbonyl (C=O) groups is 2. The number of ether oxygens (including phenoxy) is 1. The second kappa shape index (κ2) is 4.91. The largest absolute Gasteiger partial charge is 0.465 e. The van der Waals surface area contributed by atoms with E-state index in [0.717, 1.165) is 5.56 Å². The Kier molecular flexibility index (Phi) is 3.83. The maximum absolute atomic E-state index is 11.1. The average molecular weight is 212 g/mol. The molecule has 0 bridgehead atoms. The lowest BCUT2D eigenvalue weighted by Gasteiger charge is -1.93. The summed E-state index contributed by atoms with van der Waals surface area (Å²) in [5, 5.41) is 1.88. The second-order valence-electron chi connectivity index (χ2n) is 3.01. The number of Topliss-reactive ketones (excluding diaryl/α,β-unsaturated/α-hetero) is 1. The Labute approximate surface area is 86.7 Å². The molecule has 1 rings (SSSR count). The molecule has 76 valence electrons. The van der Waals surface area contributed by atoms with Gasteiger partial charge in [0.05, 0.1) is 7.11 Å². The van der Waals surface area contributed by atoms with Crippen LogP contribution in [0.3, 0.4) is 0 Å². The average Bonchev–Trinajstić information content (AvgIpc) is 2.62. The number of esters is 1. The third kappa shape index (κ3) is 2.96. The van der Waals surface area contributed by atoms with Crippen LogP contribution in [0.15, 0.2) is 11.4 Å². The van der Waals surface area contributed by atoms with Gasteiger partial charge in [-0.15, -0.1) is 11.3 Å². The van der Waals surface area contributed by atoms with Gasteiger partial charge in [-0.05, 0) is 30.4 Å². The van der Waals surface area contributed by atoms with Gasteiger partial charge in [0.15, 0.2) is 0 Å². The summed E-state index contributed by atoms with van der Waals surface area (Å²) in [6, 6.07) is 1.78. The Morgan fingerprint density at radius 1 is 1.50 bits per heavy atom. The zero-order valence-electron chi connectivity index (χ0n) is 8.20. The number of hydrogen-bond donors (Lipinski definition) is 0. The molecule has 1 aromatic heterocycles. The van der Waals surface area contributed by atoms with E-state index in [2.05, 4.69) is 4.74 Å². The van der Waals surface area contributed by atoms with E-state index in [9.17, 15) is 9.59 Å². The summed E-state index contributed by atoms with van der Waals surface area (Å²) in [4.78, 5) is 22.4. The fraction of sp³-hybridized carbons (Fsp3) is 0.400. The molecular weight excluding hydrogens is 200 g/mol. The Balaban J connectivity index is 2.59. The predicted molar refractivity (Wildman–Crippen MR) is 54.7 cm³/mol. The van der Waals surface area contributed by atoms with Gasteiger partial charge in [0.1, 0.15) is 10.7 Å². The van der Waals surface area contributed by atoms with Crippen LogP contribution in [-0.2, 0) is 16.0 Å². The number of aryl methyl sites for hydroxylation is 1. The third-order valence-corrected chi connectivity index (χ3v) is 2.77. The minimum Gasteiger partial charge on any atom is -0.465 e. The van der Waals surface area contributed by atoms with Crippen LogP contribution in [0.2, 0.25) is 0 Å². The van der Waals surface area contributed by atoms with Gasteiger partial charge >= 0.3 is 5.97 Å². The van der Waals surface area contributed by atoms with Crippen LogP contribution in [0.25, 0.3) is 0 Å². The van der Waals surface area contributed by atoms with Crippen LogP contribution in [0.5, 0.6) is 0 Å². The summed E-state index contributed by atoms with van der Waals surface area (Å²) in [6.07, 6.45) is 1.22. The van der Waals surface area contributed by atoms with Crippen molar-refractivity contribution in [2.24, 2.45) is 0 Å². The summed E-state index contributed by atoms with van der Waals surface area (Å²) >= 11 is 1.35. The van der Waals surface area contributed by atoms with Crippen molar-refractivity contribution in [1.29, 1.82) is 0 Å². The van der Waals surface area contributed by atoms with Gasteiger partial charge in [-0.1, -0.05) is 0 Å². The van der Waals surface area contributed by atoms with Gasteiger partial charge in [-0.3, -0.25) is 0 Å². The standard InChI is InChI=1S/C10H12O3S/c1-7(11)3-4-8-5-9(14-6-8)10(12)13-2/h5-6H,3-4H2,1-2H3. The van der Waals surface area contributed by atoms with Crippen LogP contribution < -0.4 is 0 Å². The fourth-order valence-corrected chi connectivity index (χ4v) is 1.90. The zero-order valence-corrected chi connectivity index (χ0v) is 9.02. The van der Waals surface area contributed by atoms with Gasteiger partial charge in [-0.2, -0.15) is 0 Å². The van der Waals surface area contributed by atoms with Gasteiger partial charge in [0.2, 0.25) is 0 Å². The number of rotatable bonds is 4. The summed E-state index contributed by atoms with van der Waals surface area (Å²) in [5.74, 6) is -0.153. The predicted octanol–water partition coefficient (Wildman–Crippen LogP) is 2.06. The molecule has 0 N–H and O–H groups in total. The van der Waals surface area contributed by atoms with E-state index in [1.165, 1.54) is 18.4 Å². The lowest BCUT2D eigenvalue weighted by atomic mass is 10.1. The van der Waals surface area contributed by atoms with E-state index in [-0.39, 0.29) is 11.8 Å². The summed E-state index contributed by atoms with van der Waals surface area (Å²) in [5.41, 5.74) is 1.02. The number of carbonyl (C=O) groups excluding carboxylic acids is 2. The maximum atomic E-state index is 11.1. The first-order valence-electron chi connectivity index (χ1n) is 4.28. The summed E-state index contributed by atoms with van der Waals surface area (Å²) in [6.45, 7) is 1.56. The molecule has 1 aromatic rings. The first kappa shape index (κ1) is 10.9. The minimum atomic E-state index is -0.316. The lowest BCUT2D eigenvalue weighted by molar-refractivity contribution is -0.116. The zero-order chi connectivity index (χ0) is 10.6. The molecule has 0 saturated carbocycles. The van der Waals surface area contributed by atoms with Crippen molar-refractivity contribution < 1.29 is 14.3 Å². The normalized spacial score (nSPS) is 9.86. The van der Waals surface area contributed by atoms with Crippen molar-refractivity contribution in [3.8, 4) is 0 Å². The quantitative estimate of drug-likeness (QED) is 0.717. The van der Waals surface area contributed by atoms with Crippen LogP contribution in [0.4, 0.5) is 0 Å². The van der Waals surface area contributed by atoms with Gasteiger partial charge in [0, 0.05) is 6.42 Å². The van der Waals surface area contributed by atoms with Gasteiger partial charge < -0.3 is 9.53 Å². The van der Waals surface area contributed by atoms with E-state index in [4.69, 9.17) is 0 Å². The van der Waals surface area contributed by atoms with E-state index in [1.54, 1.807) is 13.0 Å². The molecule has 4 heteroatoms. The molecule has 0 atom stereocenters. The Morgan fingerprint density at radius 2 is 2.21 bits per heavy atom. The Hall–Kier alpha value is -1.16. The van der Waals surface area contributed by atoms with E-state index in [0.29, 0.717) is 17.7 Å².